The third-order valence-electron chi connectivity index (χ3n) is 3.14. The number of rotatable bonds is 2. The molecule has 0 heterocycles. The number of aryl methyl sites for hydroxylation is 2. The van der Waals surface area contributed by atoms with Crippen LogP contribution >= 0.6 is 0 Å². The van der Waals surface area contributed by atoms with Gasteiger partial charge in [0.1, 0.15) is 0 Å². The lowest BCUT2D eigenvalue weighted by Gasteiger charge is -2.13. The summed E-state index contributed by atoms with van der Waals surface area (Å²) < 4.78 is 38.1. The third-order valence-corrected chi connectivity index (χ3v) is 3.14. The first kappa shape index (κ1) is 14.6. The zero-order chi connectivity index (χ0) is 14.9. The summed E-state index contributed by atoms with van der Waals surface area (Å²) in [5.41, 5.74) is 3.06. The van der Waals surface area contributed by atoms with Crippen LogP contribution in [0, 0.1) is 13.8 Å². The van der Waals surface area contributed by atoms with Crippen LogP contribution in [0.25, 0.3) is 11.1 Å². The van der Waals surface area contributed by atoms with Gasteiger partial charge in [0.05, 0.1) is 12.2 Å². The molecule has 0 atom stereocenters. The van der Waals surface area contributed by atoms with Crippen molar-refractivity contribution in [3.05, 3.63) is 58.7 Å². The summed E-state index contributed by atoms with van der Waals surface area (Å²) in [4.78, 5) is 0. The second-order valence-electron chi connectivity index (χ2n) is 4.90. The number of benzene rings is 2. The first-order valence-corrected chi connectivity index (χ1v) is 6.21. The molecule has 20 heavy (non-hydrogen) atoms. The van der Waals surface area contributed by atoms with Crippen molar-refractivity contribution >= 4 is 0 Å². The molecule has 0 aliphatic heterocycles. The van der Waals surface area contributed by atoms with Crippen LogP contribution in [0.1, 0.15) is 22.3 Å². The van der Waals surface area contributed by atoms with Crippen LogP contribution in [0.2, 0.25) is 0 Å². The molecular weight excluding hydrogens is 265 g/mol. The van der Waals surface area contributed by atoms with Gasteiger partial charge in [-0.15, -0.1) is 0 Å². The van der Waals surface area contributed by atoms with Crippen LogP contribution in [0.4, 0.5) is 13.2 Å². The van der Waals surface area contributed by atoms with Gasteiger partial charge in [0.2, 0.25) is 0 Å². The molecule has 0 aliphatic carbocycles. The molecule has 0 bridgehead atoms. The van der Waals surface area contributed by atoms with E-state index in [1.807, 2.05) is 32.0 Å². The summed E-state index contributed by atoms with van der Waals surface area (Å²) in [5.74, 6) is 0. The van der Waals surface area contributed by atoms with Gasteiger partial charge < -0.3 is 5.11 Å². The highest BCUT2D eigenvalue weighted by Gasteiger charge is 2.30. The molecule has 1 N–H and O–H groups in total. The lowest BCUT2D eigenvalue weighted by molar-refractivity contribution is -0.137. The van der Waals surface area contributed by atoms with Gasteiger partial charge in [-0.05, 0) is 42.7 Å². The van der Waals surface area contributed by atoms with Crippen LogP contribution in [-0.4, -0.2) is 5.11 Å². The van der Waals surface area contributed by atoms with Gasteiger partial charge in [-0.25, -0.2) is 0 Å². The quantitative estimate of drug-likeness (QED) is 0.859. The summed E-state index contributed by atoms with van der Waals surface area (Å²) >= 11 is 0. The number of aliphatic hydroxyl groups is 1. The maximum atomic E-state index is 12.7. The fraction of sp³-hybridized carbons (Fsp3) is 0.250. The van der Waals surface area contributed by atoms with Crippen LogP contribution in [0.5, 0.6) is 0 Å². The lowest BCUT2D eigenvalue weighted by atomic mass is 9.95. The Morgan fingerprint density at radius 2 is 1.55 bits per heavy atom. The Hall–Kier alpha value is -1.81. The summed E-state index contributed by atoms with van der Waals surface area (Å²) in [6, 6.07) is 9.26. The summed E-state index contributed by atoms with van der Waals surface area (Å²) in [6.07, 6.45) is -4.40. The van der Waals surface area contributed by atoms with Crippen molar-refractivity contribution in [2.75, 3.05) is 0 Å². The van der Waals surface area contributed by atoms with E-state index in [1.54, 1.807) is 0 Å². The van der Waals surface area contributed by atoms with Crippen molar-refractivity contribution in [2.45, 2.75) is 26.6 Å². The van der Waals surface area contributed by atoms with Crippen molar-refractivity contribution in [1.29, 1.82) is 0 Å². The predicted octanol–water partition coefficient (Wildman–Crippen LogP) is 4.48. The number of hydrogen-bond donors (Lipinski definition) is 1. The fourth-order valence-corrected chi connectivity index (χ4v) is 2.31. The molecule has 4 heteroatoms. The first-order valence-electron chi connectivity index (χ1n) is 6.21. The highest BCUT2D eigenvalue weighted by atomic mass is 19.4. The lowest BCUT2D eigenvalue weighted by Crippen LogP contribution is -2.06. The van der Waals surface area contributed by atoms with Crippen LogP contribution < -0.4 is 0 Å². The average molecular weight is 280 g/mol. The maximum absolute atomic E-state index is 12.7. The Morgan fingerprint density at radius 3 is 2.05 bits per heavy atom. The van der Waals surface area contributed by atoms with Gasteiger partial charge in [-0.2, -0.15) is 13.2 Å². The Labute approximate surface area is 115 Å². The van der Waals surface area contributed by atoms with E-state index in [0.29, 0.717) is 5.56 Å². The van der Waals surface area contributed by atoms with Gasteiger partial charge in [-0.3, -0.25) is 0 Å². The van der Waals surface area contributed by atoms with Crippen LogP contribution in [-0.2, 0) is 12.8 Å². The van der Waals surface area contributed by atoms with Gasteiger partial charge >= 0.3 is 6.18 Å². The molecule has 2 aromatic rings. The Kier molecular flexibility index (Phi) is 3.86. The summed E-state index contributed by atoms with van der Waals surface area (Å²) in [7, 11) is 0. The smallest absolute Gasteiger partial charge is 0.392 e. The first-order chi connectivity index (χ1) is 9.31. The summed E-state index contributed by atoms with van der Waals surface area (Å²) in [6.45, 7) is 3.44. The standard InChI is InChI=1S/C16H15F3O/c1-10-5-11(2)7-12(6-10)15-4-3-14(16(17,18)19)8-13(15)9-20/h3-8,20H,9H2,1-2H3. The van der Waals surface area contributed by atoms with E-state index in [1.165, 1.54) is 6.07 Å². The Bertz CT molecular complexity index is 610. The molecule has 0 amide bonds. The minimum absolute atomic E-state index is 0.282. The maximum Gasteiger partial charge on any atom is 0.416 e. The van der Waals surface area contributed by atoms with Gasteiger partial charge in [-0.1, -0.05) is 35.4 Å². The zero-order valence-electron chi connectivity index (χ0n) is 11.3. The van der Waals surface area contributed by atoms with Crippen molar-refractivity contribution < 1.29 is 18.3 Å². The van der Waals surface area contributed by atoms with Crippen LogP contribution in [0.15, 0.2) is 36.4 Å². The number of hydrogen-bond acceptors (Lipinski definition) is 1. The molecule has 106 valence electrons. The molecule has 0 fully saturated rings. The molecule has 0 radical (unpaired) electrons. The molecular formula is C16H15F3O. The number of alkyl halides is 3. The van der Waals surface area contributed by atoms with E-state index in [9.17, 15) is 18.3 Å². The van der Waals surface area contributed by atoms with Gasteiger partial charge in [0.25, 0.3) is 0 Å². The molecule has 2 aromatic carbocycles. The molecule has 0 aliphatic rings. The van der Waals surface area contributed by atoms with Crippen molar-refractivity contribution in [2.24, 2.45) is 0 Å². The van der Waals surface area contributed by atoms with E-state index >= 15 is 0 Å². The van der Waals surface area contributed by atoms with E-state index in [2.05, 4.69) is 0 Å². The minimum atomic E-state index is -4.40. The SMILES string of the molecule is Cc1cc(C)cc(-c2ccc(C(F)(F)F)cc2CO)c1. The highest BCUT2D eigenvalue weighted by molar-refractivity contribution is 5.69. The molecule has 0 spiro atoms. The third kappa shape index (κ3) is 3.02. The van der Waals surface area contributed by atoms with E-state index in [0.717, 1.165) is 28.8 Å². The largest absolute Gasteiger partial charge is 0.416 e. The van der Waals surface area contributed by atoms with Crippen LogP contribution in [0.3, 0.4) is 0 Å². The Morgan fingerprint density at radius 1 is 0.950 bits per heavy atom. The topological polar surface area (TPSA) is 20.2 Å². The van der Waals surface area contributed by atoms with E-state index in [4.69, 9.17) is 0 Å². The number of halogens is 3. The van der Waals surface area contributed by atoms with Crippen molar-refractivity contribution in [3.63, 3.8) is 0 Å². The fourth-order valence-electron chi connectivity index (χ4n) is 2.31. The molecule has 0 unspecified atom stereocenters. The highest BCUT2D eigenvalue weighted by Crippen LogP contribution is 2.34. The second-order valence-corrected chi connectivity index (χ2v) is 4.90. The molecule has 2 rings (SSSR count). The molecule has 0 aromatic heterocycles. The Balaban J connectivity index is 2.57. The average Bonchev–Trinajstić information content (AvgIpc) is 2.35. The zero-order valence-corrected chi connectivity index (χ0v) is 11.3. The number of aliphatic hydroxyl groups excluding tert-OH is 1. The normalized spacial score (nSPS) is 11.7. The monoisotopic (exact) mass is 280 g/mol. The van der Waals surface area contributed by atoms with E-state index < -0.39 is 18.3 Å². The van der Waals surface area contributed by atoms with Crippen molar-refractivity contribution in [1.82, 2.24) is 0 Å². The second kappa shape index (κ2) is 5.29. The molecule has 1 nitrogen and oxygen atoms in total. The molecule has 0 saturated carbocycles. The van der Waals surface area contributed by atoms with E-state index in [-0.39, 0.29) is 5.56 Å². The van der Waals surface area contributed by atoms with Gasteiger partial charge in [0, 0.05) is 0 Å². The predicted molar refractivity (Wildman–Crippen MR) is 72.3 cm³/mol. The molecule has 0 saturated heterocycles. The summed E-state index contributed by atoms with van der Waals surface area (Å²) in [5, 5.41) is 9.34. The minimum Gasteiger partial charge on any atom is -0.392 e. The van der Waals surface area contributed by atoms with Crippen molar-refractivity contribution in [3.8, 4) is 11.1 Å². The van der Waals surface area contributed by atoms with Gasteiger partial charge in [0.15, 0.2) is 0 Å².